The van der Waals surface area contributed by atoms with Gasteiger partial charge in [-0.15, -0.1) is 0 Å². The number of benzene rings is 9. The van der Waals surface area contributed by atoms with E-state index in [4.69, 9.17) is 0 Å². The van der Waals surface area contributed by atoms with Gasteiger partial charge in [-0.25, -0.2) is 0 Å². The number of rotatable bonds is 4. The first-order valence-electron chi connectivity index (χ1n) is 20.3. The molecule has 1 heterocycles. The molecule has 0 saturated carbocycles. The van der Waals surface area contributed by atoms with Crippen molar-refractivity contribution in [3.8, 4) is 33.4 Å². The summed E-state index contributed by atoms with van der Waals surface area (Å²) in [5, 5.41) is 2.57. The van der Waals surface area contributed by atoms with Gasteiger partial charge in [-0.05, 0) is 102 Å². The summed E-state index contributed by atoms with van der Waals surface area (Å²) in [6.45, 7) is 4.75. The van der Waals surface area contributed by atoms with Crippen LogP contribution >= 0.6 is 11.8 Å². The van der Waals surface area contributed by atoms with Crippen molar-refractivity contribution < 1.29 is 0 Å². The van der Waals surface area contributed by atoms with Gasteiger partial charge in [0.15, 0.2) is 0 Å². The molecule has 0 N–H and O–H groups in total. The molecular formula is C56H39NS. The van der Waals surface area contributed by atoms with Crippen LogP contribution in [0.15, 0.2) is 210 Å². The summed E-state index contributed by atoms with van der Waals surface area (Å²) in [6, 6.07) is 74.9. The molecule has 274 valence electrons. The van der Waals surface area contributed by atoms with Crippen molar-refractivity contribution in [2.45, 2.75) is 34.5 Å². The molecule has 1 spiro atoms. The second-order valence-corrected chi connectivity index (χ2v) is 17.5. The van der Waals surface area contributed by atoms with Crippen molar-refractivity contribution in [2.75, 3.05) is 4.90 Å². The number of para-hydroxylation sites is 1. The van der Waals surface area contributed by atoms with Crippen molar-refractivity contribution in [3.05, 3.63) is 234 Å². The quantitative estimate of drug-likeness (QED) is 0.176. The maximum absolute atomic E-state index is 2.50. The standard InChI is InChI=1S/C56H39NS/c1-55(2)46-24-12-8-21-42(46)45-31-29-38(34-51(45)55)57(52-27-15-11-19-40(52)36-16-4-3-5-17-36)39-30-33-49-53(35-39)58-54-41-20-7-6-18-37(41)28-32-50(54)56(49)47-25-13-9-22-43(47)44-23-10-14-26-48(44)56/h3-35H,1-2H3. The van der Waals surface area contributed by atoms with Gasteiger partial charge in [0.25, 0.3) is 0 Å². The zero-order chi connectivity index (χ0) is 38.6. The molecule has 0 amide bonds. The van der Waals surface area contributed by atoms with Gasteiger partial charge in [-0.1, -0.05) is 195 Å². The minimum Gasteiger partial charge on any atom is -0.310 e. The minimum absolute atomic E-state index is 0.126. The molecule has 2 aliphatic carbocycles. The van der Waals surface area contributed by atoms with Crippen LogP contribution in [0.5, 0.6) is 0 Å². The first kappa shape index (κ1) is 33.5. The van der Waals surface area contributed by atoms with Crippen LogP contribution in [0.3, 0.4) is 0 Å². The third-order valence-corrected chi connectivity index (χ3v) is 14.3. The Bertz CT molecular complexity index is 3090. The smallest absolute Gasteiger partial charge is 0.0735 e. The summed E-state index contributed by atoms with van der Waals surface area (Å²) in [5.74, 6) is 0. The predicted molar refractivity (Wildman–Crippen MR) is 243 cm³/mol. The monoisotopic (exact) mass is 757 g/mol. The van der Waals surface area contributed by atoms with Gasteiger partial charge >= 0.3 is 0 Å². The van der Waals surface area contributed by atoms with Crippen molar-refractivity contribution in [1.82, 2.24) is 0 Å². The van der Waals surface area contributed by atoms with Gasteiger partial charge in [-0.3, -0.25) is 0 Å². The van der Waals surface area contributed by atoms with Gasteiger partial charge in [0.05, 0.1) is 11.1 Å². The molecule has 0 atom stereocenters. The van der Waals surface area contributed by atoms with E-state index >= 15 is 0 Å². The van der Waals surface area contributed by atoms with Gasteiger partial charge in [0.1, 0.15) is 0 Å². The van der Waals surface area contributed by atoms with Gasteiger partial charge < -0.3 is 4.90 Å². The number of hydrogen-bond acceptors (Lipinski definition) is 2. The molecule has 9 aromatic carbocycles. The lowest BCUT2D eigenvalue weighted by Crippen LogP contribution is -2.32. The van der Waals surface area contributed by atoms with Gasteiger partial charge in [0, 0.05) is 32.1 Å². The van der Waals surface area contributed by atoms with Crippen molar-refractivity contribution >= 4 is 39.6 Å². The van der Waals surface area contributed by atoms with E-state index in [0.717, 1.165) is 17.1 Å². The van der Waals surface area contributed by atoms with E-state index in [1.54, 1.807) is 0 Å². The van der Waals surface area contributed by atoms with E-state index in [1.807, 2.05) is 11.8 Å². The second kappa shape index (κ2) is 12.4. The van der Waals surface area contributed by atoms with Crippen molar-refractivity contribution in [1.29, 1.82) is 0 Å². The average Bonchev–Trinajstić information content (AvgIpc) is 3.69. The first-order chi connectivity index (χ1) is 28.5. The van der Waals surface area contributed by atoms with Crippen LogP contribution in [0.25, 0.3) is 44.2 Å². The van der Waals surface area contributed by atoms with E-state index in [2.05, 4.69) is 219 Å². The Kier molecular flexibility index (Phi) is 7.19. The number of nitrogens with zero attached hydrogens (tertiary/aromatic N) is 1. The molecular weight excluding hydrogens is 719 g/mol. The third-order valence-electron chi connectivity index (χ3n) is 13.1. The lowest BCUT2D eigenvalue weighted by Gasteiger charge is -2.40. The Balaban J connectivity index is 1.13. The van der Waals surface area contributed by atoms with Crippen LogP contribution in [-0.4, -0.2) is 0 Å². The molecule has 3 aliphatic rings. The van der Waals surface area contributed by atoms with E-state index in [-0.39, 0.29) is 5.41 Å². The van der Waals surface area contributed by atoms with Crippen LogP contribution in [0, 0.1) is 0 Å². The highest BCUT2D eigenvalue weighted by molar-refractivity contribution is 7.99. The lowest BCUT2D eigenvalue weighted by atomic mass is 9.67. The maximum Gasteiger partial charge on any atom is 0.0735 e. The minimum atomic E-state index is -0.457. The first-order valence-corrected chi connectivity index (χ1v) is 21.1. The summed E-state index contributed by atoms with van der Waals surface area (Å²) in [5.41, 5.74) is 18.7. The summed E-state index contributed by atoms with van der Waals surface area (Å²) >= 11 is 1.93. The van der Waals surface area contributed by atoms with Gasteiger partial charge in [0.2, 0.25) is 0 Å². The Morgan fingerprint density at radius 2 is 0.948 bits per heavy atom. The Hall–Kier alpha value is -6.61. The molecule has 9 aromatic rings. The SMILES string of the molecule is CC1(C)c2ccccc2-c2ccc(N(c3ccc4c(c3)Sc3c(ccc5ccccc35)C43c4ccccc4-c4ccccc43)c3ccccc3-c3ccccc3)cc21. The largest absolute Gasteiger partial charge is 0.310 e. The van der Waals surface area contributed by atoms with Gasteiger partial charge in [-0.2, -0.15) is 0 Å². The molecule has 0 fully saturated rings. The summed E-state index contributed by atoms with van der Waals surface area (Å²) < 4.78 is 0. The van der Waals surface area contributed by atoms with Crippen LogP contribution in [0.2, 0.25) is 0 Å². The average molecular weight is 758 g/mol. The highest BCUT2D eigenvalue weighted by atomic mass is 32.2. The summed E-state index contributed by atoms with van der Waals surface area (Å²) in [6.07, 6.45) is 0. The van der Waals surface area contributed by atoms with Crippen molar-refractivity contribution in [3.63, 3.8) is 0 Å². The maximum atomic E-state index is 2.50. The fourth-order valence-electron chi connectivity index (χ4n) is 10.6. The zero-order valence-electron chi connectivity index (χ0n) is 32.4. The summed E-state index contributed by atoms with van der Waals surface area (Å²) in [4.78, 5) is 5.12. The molecule has 0 saturated heterocycles. The molecule has 58 heavy (non-hydrogen) atoms. The Labute approximate surface area is 344 Å². The van der Waals surface area contributed by atoms with Crippen LogP contribution < -0.4 is 4.90 Å². The van der Waals surface area contributed by atoms with Crippen LogP contribution in [0.4, 0.5) is 17.1 Å². The van der Waals surface area contributed by atoms with E-state index in [1.165, 1.54) is 87.3 Å². The molecule has 0 aromatic heterocycles. The Morgan fingerprint density at radius 3 is 1.71 bits per heavy atom. The molecule has 2 heteroatoms. The molecule has 12 rings (SSSR count). The molecule has 0 unspecified atom stereocenters. The third kappa shape index (κ3) is 4.55. The topological polar surface area (TPSA) is 3.24 Å². The zero-order valence-corrected chi connectivity index (χ0v) is 33.2. The predicted octanol–water partition coefficient (Wildman–Crippen LogP) is 15.1. The fourth-order valence-corrected chi connectivity index (χ4v) is 11.9. The molecule has 0 radical (unpaired) electrons. The number of hydrogen-bond donors (Lipinski definition) is 0. The molecule has 1 nitrogen and oxygen atoms in total. The van der Waals surface area contributed by atoms with Crippen LogP contribution in [-0.2, 0) is 10.8 Å². The Morgan fingerprint density at radius 1 is 0.397 bits per heavy atom. The van der Waals surface area contributed by atoms with Crippen molar-refractivity contribution in [2.24, 2.45) is 0 Å². The van der Waals surface area contributed by atoms with E-state index in [9.17, 15) is 0 Å². The van der Waals surface area contributed by atoms with E-state index in [0.29, 0.717) is 0 Å². The summed E-state index contributed by atoms with van der Waals surface area (Å²) in [7, 11) is 0. The second-order valence-electron chi connectivity index (χ2n) is 16.4. The molecule has 1 aliphatic heterocycles. The highest BCUT2D eigenvalue weighted by Gasteiger charge is 2.50. The van der Waals surface area contributed by atoms with Crippen LogP contribution in [0.1, 0.15) is 47.2 Å². The highest BCUT2D eigenvalue weighted by Crippen LogP contribution is 2.63. The fraction of sp³-hybridized carbons (Fsp3) is 0.0714. The lowest BCUT2D eigenvalue weighted by molar-refractivity contribution is 0.660. The van der Waals surface area contributed by atoms with E-state index < -0.39 is 5.41 Å². The normalized spacial score (nSPS) is 14.6. The number of fused-ring (bicyclic) bond motifs is 14. The molecule has 0 bridgehead atoms. The number of anilines is 3.